The number of nitrogens with one attached hydrogen (secondary N) is 1. The number of hydrogen-bond acceptors (Lipinski definition) is 7. The van der Waals surface area contributed by atoms with Crippen LogP contribution >= 0.6 is 0 Å². The molecule has 2 aliphatic heterocycles. The summed E-state index contributed by atoms with van der Waals surface area (Å²) in [6.07, 6.45) is 0.366. The van der Waals surface area contributed by atoms with Crippen molar-refractivity contribution in [3.05, 3.63) is 59.8 Å². The first-order valence-electron chi connectivity index (χ1n) is 10.5. The molecule has 4 rings (SSSR count). The molecule has 162 valence electrons. The summed E-state index contributed by atoms with van der Waals surface area (Å²) in [5.74, 6) is 0. The maximum atomic E-state index is 9.97. The predicted molar refractivity (Wildman–Crippen MR) is 119 cm³/mol. The van der Waals surface area contributed by atoms with Crippen LogP contribution in [0.5, 0.6) is 0 Å². The first-order valence-corrected chi connectivity index (χ1v) is 10.5. The highest BCUT2D eigenvalue weighted by atomic mass is 16.6. The third-order valence-electron chi connectivity index (χ3n) is 5.67. The molecule has 0 radical (unpaired) electrons. The smallest absolute Gasteiger partial charge is 0.175 e. The number of morpholine rings is 1. The van der Waals surface area contributed by atoms with Crippen LogP contribution in [0.1, 0.15) is 12.0 Å². The van der Waals surface area contributed by atoms with Crippen LogP contribution in [0, 0.1) is 11.3 Å². The summed E-state index contributed by atoms with van der Waals surface area (Å²) in [5, 5.41) is 34.6. The van der Waals surface area contributed by atoms with E-state index < -0.39 is 18.4 Å². The van der Waals surface area contributed by atoms with E-state index in [1.807, 2.05) is 18.2 Å². The molecule has 0 aliphatic carbocycles. The Morgan fingerprint density at radius 2 is 1.90 bits per heavy atom. The molecule has 31 heavy (non-hydrogen) atoms. The topological polar surface area (TPSA) is 98.0 Å². The fourth-order valence-corrected chi connectivity index (χ4v) is 3.95. The van der Waals surface area contributed by atoms with Crippen LogP contribution in [0.25, 0.3) is 16.8 Å². The normalized spacial score (nSPS) is 24.6. The molecule has 2 fully saturated rings. The third-order valence-corrected chi connectivity index (χ3v) is 5.67. The Kier molecular flexibility index (Phi) is 6.54. The molecule has 0 amide bonds. The molecule has 0 spiro atoms. The van der Waals surface area contributed by atoms with E-state index in [0.717, 1.165) is 42.6 Å². The second-order valence-electron chi connectivity index (χ2n) is 7.90. The molecular formula is C24H27N3O4. The van der Waals surface area contributed by atoms with Gasteiger partial charge in [0.15, 0.2) is 6.29 Å². The Balaban J connectivity index is 1.51. The average molecular weight is 421 g/mol. The molecule has 3 unspecified atom stereocenters. The van der Waals surface area contributed by atoms with Crippen molar-refractivity contribution in [2.45, 2.75) is 24.9 Å². The molecular weight excluding hydrogens is 394 g/mol. The zero-order valence-electron chi connectivity index (χ0n) is 17.3. The lowest BCUT2D eigenvalue weighted by Gasteiger charge is -2.32. The Morgan fingerprint density at radius 1 is 1.16 bits per heavy atom. The number of aliphatic hydroxyl groups is 2. The second kappa shape index (κ2) is 9.50. The number of ether oxygens (including phenoxy) is 2. The Labute approximate surface area is 181 Å². The van der Waals surface area contributed by atoms with E-state index in [9.17, 15) is 15.5 Å². The van der Waals surface area contributed by atoms with E-state index >= 15 is 0 Å². The van der Waals surface area contributed by atoms with E-state index in [2.05, 4.69) is 41.1 Å². The van der Waals surface area contributed by atoms with Crippen LogP contribution in [-0.4, -0.2) is 61.6 Å². The number of allylic oxidation sites excluding steroid dienone is 1. The van der Waals surface area contributed by atoms with E-state index in [-0.39, 0.29) is 6.61 Å². The van der Waals surface area contributed by atoms with Crippen LogP contribution in [0.2, 0.25) is 0 Å². The van der Waals surface area contributed by atoms with Crippen LogP contribution in [0.15, 0.2) is 54.2 Å². The molecule has 2 saturated heterocycles. The Hall–Kier alpha value is -2.89. The van der Waals surface area contributed by atoms with Gasteiger partial charge in [-0.3, -0.25) is 0 Å². The van der Waals surface area contributed by atoms with Gasteiger partial charge in [-0.25, -0.2) is 0 Å². The number of anilines is 1. The van der Waals surface area contributed by atoms with Gasteiger partial charge in [0.1, 0.15) is 6.07 Å². The van der Waals surface area contributed by atoms with Crippen molar-refractivity contribution in [3.63, 3.8) is 0 Å². The average Bonchev–Trinajstić information content (AvgIpc) is 2.80. The summed E-state index contributed by atoms with van der Waals surface area (Å²) in [5.41, 5.74) is 2.81. The van der Waals surface area contributed by atoms with E-state index in [1.165, 1.54) is 5.69 Å². The molecule has 7 nitrogen and oxygen atoms in total. The molecule has 7 heteroatoms. The minimum absolute atomic E-state index is 0.0944. The molecule has 0 aromatic heterocycles. The van der Waals surface area contributed by atoms with Crippen LogP contribution in [0.3, 0.4) is 0 Å². The predicted octanol–water partition coefficient (Wildman–Crippen LogP) is 2.15. The lowest BCUT2D eigenvalue weighted by Crippen LogP contribution is -2.48. The largest absolute Gasteiger partial charge is 0.391 e. The lowest BCUT2D eigenvalue weighted by atomic mass is 10.0. The molecule has 0 saturated carbocycles. The van der Waals surface area contributed by atoms with Gasteiger partial charge in [0.25, 0.3) is 0 Å². The van der Waals surface area contributed by atoms with Gasteiger partial charge < -0.3 is 29.9 Å². The van der Waals surface area contributed by atoms with Gasteiger partial charge in [-0.1, -0.05) is 24.8 Å². The van der Waals surface area contributed by atoms with Crippen molar-refractivity contribution < 1.29 is 19.7 Å². The summed E-state index contributed by atoms with van der Waals surface area (Å²) in [7, 11) is 0. The number of aliphatic hydroxyl groups excluding tert-OH is 2. The maximum Gasteiger partial charge on any atom is 0.175 e. The Morgan fingerprint density at radius 3 is 2.68 bits per heavy atom. The number of rotatable bonds is 5. The summed E-state index contributed by atoms with van der Waals surface area (Å²) >= 11 is 0. The van der Waals surface area contributed by atoms with Gasteiger partial charge >= 0.3 is 0 Å². The summed E-state index contributed by atoms with van der Waals surface area (Å²) < 4.78 is 10.6. The van der Waals surface area contributed by atoms with Crippen molar-refractivity contribution in [2.24, 2.45) is 0 Å². The van der Waals surface area contributed by atoms with Gasteiger partial charge in [-0.2, -0.15) is 5.26 Å². The standard InChI is InChI=1S/C24H27N3O4/c1-16(26-23-13-22(28)15-31-24(23)29)20(14-25)11-17-2-3-19-12-21(5-4-18(19)10-17)27-6-8-30-9-7-27/h2-5,10-12,22-24,26,28-29H,1,6-9,13,15H2/b20-11+. The molecule has 3 N–H and O–H groups in total. The number of nitriles is 1. The van der Waals surface area contributed by atoms with Crippen LogP contribution in [-0.2, 0) is 9.47 Å². The van der Waals surface area contributed by atoms with Gasteiger partial charge in [-0.15, -0.1) is 0 Å². The molecule has 2 aromatic rings. The molecule has 2 heterocycles. The highest BCUT2D eigenvalue weighted by molar-refractivity contribution is 5.88. The number of nitrogens with zero attached hydrogens (tertiary/aromatic N) is 2. The molecule has 0 bridgehead atoms. The van der Waals surface area contributed by atoms with Gasteiger partial charge in [0.05, 0.1) is 37.5 Å². The van der Waals surface area contributed by atoms with Gasteiger partial charge in [0.2, 0.25) is 0 Å². The number of fused-ring (bicyclic) bond motifs is 1. The highest BCUT2D eigenvalue weighted by Crippen LogP contribution is 2.25. The fourth-order valence-electron chi connectivity index (χ4n) is 3.95. The monoisotopic (exact) mass is 421 g/mol. The third kappa shape index (κ3) is 5.06. The maximum absolute atomic E-state index is 9.97. The summed E-state index contributed by atoms with van der Waals surface area (Å²) in [4.78, 5) is 2.32. The fraction of sp³-hybridized carbons (Fsp3) is 0.375. The first kappa shape index (κ1) is 21.3. The van der Waals surface area contributed by atoms with Crippen molar-refractivity contribution >= 4 is 22.5 Å². The zero-order chi connectivity index (χ0) is 21.8. The number of hydrogen-bond donors (Lipinski definition) is 3. The lowest BCUT2D eigenvalue weighted by molar-refractivity contribution is -0.171. The number of benzene rings is 2. The molecule has 2 aliphatic rings. The summed E-state index contributed by atoms with van der Waals surface area (Å²) in [6, 6.07) is 14.1. The Bertz CT molecular complexity index is 1020. The minimum Gasteiger partial charge on any atom is -0.391 e. The zero-order valence-corrected chi connectivity index (χ0v) is 17.3. The van der Waals surface area contributed by atoms with Crippen LogP contribution in [0.4, 0.5) is 5.69 Å². The second-order valence-corrected chi connectivity index (χ2v) is 7.90. The van der Waals surface area contributed by atoms with Gasteiger partial charge in [-0.05, 0) is 40.6 Å². The minimum atomic E-state index is -1.05. The van der Waals surface area contributed by atoms with Crippen molar-refractivity contribution in [1.82, 2.24) is 5.32 Å². The molecule has 2 aromatic carbocycles. The van der Waals surface area contributed by atoms with Gasteiger partial charge in [0, 0.05) is 30.9 Å². The van der Waals surface area contributed by atoms with Crippen LogP contribution < -0.4 is 10.2 Å². The molecule has 3 atom stereocenters. The van der Waals surface area contributed by atoms with E-state index in [0.29, 0.717) is 17.7 Å². The summed E-state index contributed by atoms with van der Waals surface area (Å²) in [6.45, 7) is 7.32. The van der Waals surface area contributed by atoms with Crippen molar-refractivity contribution in [3.8, 4) is 6.07 Å². The highest BCUT2D eigenvalue weighted by Gasteiger charge is 2.29. The van der Waals surface area contributed by atoms with Crippen molar-refractivity contribution in [1.29, 1.82) is 5.26 Å². The SMILES string of the molecule is C=C(NC1CC(O)COC1O)/C(C#N)=C/c1ccc2cc(N3CCOCC3)ccc2c1. The quantitative estimate of drug-likeness (QED) is 0.503. The van der Waals surface area contributed by atoms with E-state index in [4.69, 9.17) is 9.47 Å². The van der Waals surface area contributed by atoms with Crippen molar-refractivity contribution in [2.75, 3.05) is 37.8 Å². The first-order chi connectivity index (χ1) is 15.0. The van der Waals surface area contributed by atoms with E-state index in [1.54, 1.807) is 6.08 Å².